The first-order chi connectivity index (χ1) is 12.5. The molecule has 0 bridgehead atoms. The van der Waals surface area contributed by atoms with E-state index in [4.69, 9.17) is 16.3 Å². The molecule has 0 radical (unpaired) electrons. The van der Waals surface area contributed by atoms with Crippen LogP contribution < -0.4 is 14.8 Å². The van der Waals surface area contributed by atoms with Gasteiger partial charge in [-0.2, -0.15) is 8.78 Å². The number of hydrogen-bond donors (Lipinski definition) is 1. The largest absolute Gasteiger partial charge is 0.493 e. The van der Waals surface area contributed by atoms with Crippen molar-refractivity contribution < 1.29 is 23.0 Å². The van der Waals surface area contributed by atoms with Crippen molar-refractivity contribution in [3.05, 3.63) is 64.7 Å². The van der Waals surface area contributed by atoms with Gasteiger partial charge in [-0.3, -0.25) is 4.79 Å². The van der Waals surface area contributed by atoms with Gasteiger partial charge in [-0.05, 0) is 41.8 Å². The average Bonchev–Trinajstić information content (AvgIpc) is 2.61. The topological polar surface area (TPSA) is 47.6 Å². The summed E-state index contributed by atoms with van der Waals surface area (Å²) in [4.78, 5) is 11.8. The van der Waals surface area contributed by atoms with Crippen LogP contribution in [0.2, 0.25) is 5.02 Å². The lowest BCUT2D eigenvalue weighted by atomic mass is 10.1. The first-order valence-electron chi connectivity index (χ1n) is 7.81. The quantitative estimate of drug-likeness (QED) is 0.693. The number of ether oxygens (including phenoxy) is 2. The van der Waals surface area contributed by atoms with E-state index in [0.717, 1.165) is 11.1 Å². The molecular weight excluding hydrogens is 364 g/mol. The van der Waals surface area contributed by atoms with Crippen molar-refractivity contribution in [2.75, 3.05) is 13.7 Å². The molecule has 0 saturated heterocycles. The Morgan fingerprint density at radius 3 is 2.69 bits per heavy atom. The Morgan fingerprint density at radius 1 is 1.23 bits per heavy atom. The van der Waals surface area contributed by atoms with Gasteiger partial charge < -0.3 is 14.8 Å². The number of halogens is 3. The molecule has 138 valence electrons. The molecule has 4 nitrogen and oxygen atoms in total. The monoisotopic (exact) mass is 381 g/mol. The summed E-state index contributed by atoms with van der Waals surface area (Å²) in [5, 5.41) is 3.31. The number of methoxy groups -OCH3 is 1. The summed E-state index contributed by atoms with van der Waals surface area (Å²) in [5.74, 6) is -0.0692. The van der Waals surface area contributed by atoms with Crippen molar-refractivity contribution in [1.29, 1.82) is 0 Å². The van der Waals surface area contributed by atoms with Crippen molar-refractivity contribution in [3.8, 4) is 11.5 Å². The number of carbonyl (C=O) groups is 1. The van der Waals surface area contributed by atoms with Gasteiger partial charge in [0.15, 0.2) is 11.5 Å². The van der Waals surface area contributed by atoms with Crippen LogP contribution in [0.3, 0.4) is 0 Å². The van der Waals surface area contributed by atoms with E-state index in [0.29, 0.717) is 18.0 Å². The van der Waals surface area contributed by atoms with Crippen LogP contribution in [0.15, 0.2) is 48.5 Å². The normalized spacial score (nSPS) is 11.0. The van der Waals surface area contributed by atoms with Gasteiger partial charge in [0.25, 0.3) is 0 Å². The van der Waals surface area contributed by atoms with Gasteiger partial charge in [-0.15, -0.1) is 0 Å². The van der Waals surface area contributed by atoms with Gasteiger partial charge in [0.2, 0.25) is 5.91 Å². The maximum atomic E-state index is 12.3. The first kappa shape index (κ1) is 19.7. The average molecular weight is 382 g/mol. The zero-order valence-electron chi connectivity index (χ0n) is 14.0. The lowest BCUT2D eigenvalue weighted by Gasteiger charge is -2.11. The second-order valence-electron chi connectivity index (χ2n) is 5.26. The number of rotatable bonds is 8. The third-order valence-electron chi connectivity index (χ3n) is 3.48. The Labute approximate surface area is 155 Å². The molecule has 1 amide bonds. The number of alkyl halides is 2. The molecule has 0 aliphatic heterocycles. The summed E-state index contributed by atoms with van der Waals surface area (Å²) >= 11 is 6.01. The Bertz CT molecular complexity index is 781. The van der Waals surface area contributed by atoms with E-state index in [1.807, 2.05) is 12.1 Å². The Hall–Kier alpha value is -2.60. The minimum Gasteiger partial charge on any atom is -0.493 e. The van der Waals surface area contributed by atoms with Crippen LogP contribution in [0.4, 0.5) is 8.78 Å². The molecule has 0 heterocycles. The summed E-state index contributed by atoms with van der Waals surface area (Å²) in [7, 11) is 1.37. The van der Waals surface area contributed by atoms with E-state index in [-0.39, 0.29) is 17.4 Å². The Morgan fingerprint density at radius 2 is 2.00 bits per heavy atom. The number of benzene rings is 2. The molecule has 2 rings (SSSR count). The fourth-order valence-electron chi connectivity index (χ4n) is 2.23. The predicted molar refractivity (Wildman–Crippen MR) is 96.8 cm³/mol. The van der Waals surface area contributed by atoms with Crippen LogP contribution in [-0.4, -0.2) is 26.2 Å². The van der Waals surface area contributed by atoms with Gasteiger partial charge in [0.1, 0.15) is 0 Å². The van der Waals surface area contributed by atoms with Crippen LogP contribution in [0.25, 0.3) is 6.08 Å². The zero-order valence-corrected chi connectivity index (χ0v) is 14.8. The molecule has 1 N–H and O–H groups in total. The molecular formula is C19H18ClF2NO3. The highest BCUT2D eigenvalue weighted by atomic mass is 35.5. The standard InChI is InChI=1S/C19H18ClF2NO3/c1-25-17-12-13(6-8-16(17)26-19(21)22)10-11-23-18(24)9-7-14-4-2-3-5-15(14)20/h2-9,12,19H,10-11H2,1H3,(H,23,24)/b9-7+. The maximum Gasteiger partial charge on any atom is 0.387 e. The summed E-state index contributed by atoms with van der Waals surface area (Å²) in [6.45, 7) is -2.54. The van der Waals surface area contributed by atoms with E-state index in [2.05, 4.69) is 10.1 Å². The molecule has 0 aliphatic carbocycles. The Balaban J connectivity index is 1.87. The molecule has 0 fully saturated rings. The minimum atomic E-state index is -2.92. The zero-order chi connectivity index (χ0) is 18.9. The fraction of sp³-hybridized carbons (Fsp3) is 0.211. The predicted octanol–water partition coefficient (Wildman–Crippen LogP) is 4.32. The molecule has 2 aromatic carbocycles. The molecule has 0 spiro atoms. The van der Waals surface area contributed by atoms with Crippen LogP contribution in [-0.2, 0) is 11.2 Å². The van der Waals surface area contributed by atoms with Crippen molar-refractivity contribution >= 4 is 23.6 Å². The van der Waals surface area contributed by atoms with Crippen molar-refractivity contribution in [2.24, 2.45) is 0 Å². The lowest BCUT2D eigenvalue weighted by molar-refractivity contribution is -0.116. The van der Waals surface area contributed by atoms with Gasteiger partial charge in [-0.1, -0.05) is 35.9 Å². The highest BCUT2D eigenvalue weighted by Gasteiger charge is 2.11. The summed E-state index contributed by atoms with van der Waals surface area (Å²) in [5.41, 5.74) is 1.57. The van der Waals surface area contributed by atoms with Crippen LogP contribution in [0.1, 0.15) is 11.1 Å². The SMILES string of the molecule is COc1cc(CCNC(=O)/C=C/c2ccccc2Cl)ccc1OC(F)F. The molecule has 2 aromatic rings. The molecule has 0 aliphatic rings. The number of nitrogens with one attached hydrogen (secondary N) is 1. The summed E-state index contributed by atoms with van der Waals surface area (Å²) < 4.78 is 34.0. The number of carbonyl (C=O) groups excluding carboxylic acids is 1. The molecule has 0 atom stereocenters. The fourth-order valence-corrected chi connectivity index (χ4v) is 2.42. The minimum absolute atomic E-state index is 0.0297. The van der Waals surface area contributed by atoms with E-state index in [9.17, 15) is 13.6 Å². The van der Waals surface area contributed by atoms with Gasteiger partial charge in [-0.25, -0.2) is 0 Å². The van der Waals surface area contributed by atoms with Crippen LogP contribution in [0, 0.1) is 0 Å². The van der Waals surface area contributed by atoms with E-state index < -0.39 is 6.61 Å². The van der Waals surface area contributed by atoms with E-state index in [1.165, 1.54) is 19.3 Å². The van der Waals surface area contributed by atoms with E-state index in [1.54, 1.807) is 30.3 Å². The Kier molecular flexibility index (Phi) is 7.41. The number of amides is 1. The first-order valence-corrected chi connectivity index (χ1v) is 8.19. The smallest absolute Gasteiger partial charge is 0.387 e. The molecule has 0 unspecified atom stereocenters. The maximum absolute atomic E-state index is 12.3. The van der Waals surface area contributed by atoms with Crippen LogP contribution in [0.5, 0.6) is 11.5 Å². The lowest BCUT2D eigenvalue weighted by Crippen LogP contribution is -2.23. The van der Waals surface area contributed by atoms with Gasteiger partial charge in [0, 0.05) is 17.6 Å². The van der Waals surface area contributed by atoms with Crippen LogP contribution >= 0.6 is 11.6 Å². The summed E-state index contributed by atoms with van der Waals surface area (Å²) in [6, 6.07) is 11.9. The molecule has 0 aromatic heterocycles. The van der Waals surface area contributed by atoms with Crippen molar-refractivity contribution in [3.63, 3.8) is 0 Å². The van der Waals surface area contributed by atoms with Crippen molar-refractivity contribution in [1.82, 2.24) is 5.32 Å². The highest BCUT2D eigenvalue weighted by Crippen LogP contribution is 2.29. The third-order valence-corrected chi connectivity index (χ3v) is 3.82. The highest BCUT2D eigenvalue weighted by molar-refractivity contribution is 6.32. The van der Waals surface area contributed by atoms with Crippen molar-refractivity contribution in [2.45, 2.75) is 13.0 Å². The summed E-state index contributed by atoms with van der Waals surface area (Å²) in [6.07, 6.45) is 3.55. The third kappa shape index (κ3) is 6.04. The van der Waals surface area contributed by atoms with Gasteiger partial charge >= 0.3 is 6.61 Å². The second-order valence-corrected chi connectivity index (χ2v) is 5.67. The van der Waals surface area contributed by atoms with E-state index >= 15 is 0 Å². The second kappa shape index (κ2) is 9.77. The molecule has 0 saturated carbocycles. The molecule has 7 heteroatoms. The molecule has 26 heavy (non-hydrogen) atoms. The van der Waals surface area contributed by atoms with Gasteiger partial charge in [0.05, 0.1) is 7.11 Å². The number of hydrogen-bond acceptors (Lipinski definition) is 3.